The lowest BCUT2D eigenvalue weighted by Crippen LogP contribution is -2.12. The number of fused-ring (bicyclic) bond motifs is 1. The third kappa shape index (κ3) is 9.46. The van der Waals surface area contributed by atoms with Crippen LogP contribution in [0.25, 0.3) is 10.8 Å². The van der Waals surface area contributed by atoms with E-state index in [1.165, 1.54) is 12.1 Å². The Bertz CT molecular complexity index is 2610. The van der Waals surface area contributed by atoms with Crippen molar-refractivity contribution in [2.75, 3.05) is 21.7 Å². The fourth-order valence-corrected chi connectivity index (χ4v) is 8.32. The van der Waals surface area contributed by atoms with Gasteiger partial charge in [-0.15, -0.1) is 0 Å². The number of rotatable bonds is 14. The zero-order valence-corrected chi connectivity index (χ0v) is 33.8. The number of alkyl halides is 3. The van der Waals surface area contributed by atoms with Crippen molar-refractivity contribution < 1.29 is 26.1 Å². The summed E-state index contributed by atoms with van der Waals surface area (Å²) in [6.45, 7) is 0.00900. The number of hydrogen-bond donors (Lipinski definition) is 2. The molecule has 0 aliphatic carbocycles. The molecule has 0 fully saturated rings. The molecule has 0 aliphatic rings. The van der Waals surface area contributed by atoms with Crippen molar-refractivity contribution in [3.63, 3.8) is 0 Å². The highest BCUT2D eigenvalue weighted by Gasteiger charge is 2.27. The molecule has 0 unspecified atom stereocenters. The number of benzene rings is 8. The first-order valence-electron chi connectivity index (χ1n) is 19.9. The highest BCUT2D eigenvalue weighted by atomic mass is 32.2. The van der Waals surface area contributed by atoms with Gasteiger partial charge in [0.2, 0.25) is 0 Å². The molecular weight excluding hydrogens is 792 g/mol. The maximum atomic E-state index is 13.0. The SMILES string of the molecule is O=S(=O)(O)c1ccc2c(C(c3ccc(N(c4ccccc4)c4ccccc4)cc3)c3ccc(N(c4ccccc4)c4ccccc4)cc3)ccc(NCCCC(F)(F)F)c2c1. The van der Waals surface area contributed by atoms with Crippen LogP contribution in [0.3, 0.4) is 0 Å². The van der Waals surface area contributed by atoms with Crippen LogP contribution in [0.5, 0.6) is 0 Å². The second-order valence-electron chi connectivity index (χ2n) is 14.7. The quantitative estimate of drug-likeness (QED) is 0.0646. The molecular formula is C51H42F3N3O3S. The van der Waals surface area contributed by atoms with E-state index in [0.29, 0.717) is 16.5 Å². The van der Waals surface area contributed by atoms with Gasteiger partial charge in [0.15, 0.2) is 0 Å². The molecule has 0 heterocycles. The number of nitrogens with zero attached hydrogens (tertiary/aromatic N) is 2. The number of hydrogen-bond acceptors (Lipinski definition) is 5. The molecule has 61 heavy (non-hydrogen) atoms. The Morgan fingerprint density at radius 1 is 0.508 bits per heavy atom. The second-order valence-corrected chi connectivity index (χ2v) is 16.1. The highest BCUT2D eigenvalue weighted by Crippen LogP contribution is 2.43. The summed E-state index contributed by atoms with van der Waals surface area (Å²) in [7, 11) is -4.60. The van der Waals surface area contributed by atoms with Crippen LogP contribution in [-0.2, 0) is 10.1 Å². The predicted molar refractivity (Wildman–Crippen MR) is 241 cm³/mol. The fourth-order valence-electron chi connectivity index (χ4n) is 7.81. The topological polar surface area (TPSA) is 72.9 Å². The monoisotopic (exact) mass is 833 g/mol. The first kappa shape index (κ1) is 40.9. The first-order valence-corrected chi connectivity index (χ1v) is 21.3. The Labute approximate surface area is 353 Å². The van der Waals surface area contributed by atoms with Crippen LogP contribution >= 0.6 is 0 Å². The fraction of sp³-hybridized carbons (Fsp3) is 0.0980. The minimum Gasteiger partial charge on any atom is -0.385 e. The van der Waals surface area contributed by atoms with Gasteiger partial charge >= 0.3 is 6.18 Å². The lowest BCUT2D eigenvalue weighted by atomic mass is 9.82. The molecule has 0 saturated carbocycles. The summed E-state index contributed by atoms with van der Waals surface area (Å²) < 4.78 is 74.0. The maximum absolute atomic E-state index is 13.0. The van der Waals surface area contributed by atoms with E-state index in [1.807, 2.05) is 78.9 Å². The maximum Gasteiger partial charge on any atom is 0.389 e. The first-order chi connectivity index (χ1) is 29.5. The van der Waals surface area contributed by atoms with Gasteiger partial charge in [0.05, 0.1) is 4.90 Å². The minimum atomic E-state index is -4.60. The third-order valence-corrected chi connectivity index (χ3v) is 11.5. The van der Waals surface area contributed by atoms with Crippen LogP contribution in [0.15, 0.2) is 205 Å². The van der Waals surface area contributed by atoms with Crippen molar-refractivity contribution in [1.82, 2.24) is 0 Å². The van der Waals surface area contributed by atoms with Crippen molar-refractivity contribution >= 4 is 60.7 Å². The molecule has 0 aliphatic heterocycles. The Morgan fingerprint density at radius 3 is 1.31 bits per heavy atom. The molecule has 6 nitrogen and oxygen atoms in total. The summed E-state index contributed by atoms with van der Waals surface area (Å²) in [6.07, 6.45) is -5.43. The van der Waals surface area contributed by atoms with Crippen LogP contribution in [-0.4, -0.2) is 25.7 Å². The van der Waals surface area contributed by atoms with E-state index in [0.717, 1.165) is 50.8 Å². The molecule has 2 N–H and O–H groups in total. The standard InChI is InChI=1S/C51H42F3N3O3S/c52-51(53,54)34-13-35-55-49-33-32-47(46-31-30-45(36-48(46)49)61(58,59)60)50(37-22-26-43(27-23-37)56(39-14-5-1-6-15-39)40-16-7-2-8-17-40)38-24-28-44(29-25-38)57(41-18-9-3-10-19-41)42-20-11-4-12-21-42/h1-12,14-33,36,50,55H,13,34-35H2,(H,58,59,60). The lowest BCUT2D eigenvalue weighted by Gasteiger charge is -2.28. The Morgan fingerprint density at radius 2 is 0.918 bits per heavy atom. The Hall–Kier alpha value is -6.88. The van der Waals surface area contributed by atoms with Gasteiger partial charge in [0.25, 0.3) is 10.1 Å². The van der Waals surface area contributed by atoms with E-state index in [4.69, 9.17) is 0 Å². The van der Waals surface area contributed by atoms with Crippen LogP contribution in [0.2, 0.25) is 0 Å². The van der Waals surface area contributed by atoms with E-state index in [2.05, 4.69) is 112 Å². The normalized spacial score (nSPS) is 11.8. The highest BCUT2D eigenvalue weighted by molar-refractivity contribution is 7.85. The summed E-state index contributed by atoms with van der Waals surface area (Å²) in [5.74, 6) is -0.384. The van der Waals surface area contributed by atoms with Gasteiger partial charge in [0, 0.05) is 64.1 Å². The third-order valence-electron chi connectivity index (χ3n) is 10.6. The van der Waals surface area contributed by atoms with Gasteiger partial charge in [-0.1, -0.05) is 109 Å². The van der Waals surface area contributed by atoms with E-state index < -0.39 is 22.7 Å². The van der Waals surface area contributed by atoms with Crippen molar-refractivity contribution in [2.45, 2.75) is 29.8 Å². The molecule has 0 spiro atoms. The zero-order valence-electron chi connectivity index (χ0n) is 33.0. The number of nitrogens with one attached hydrogen (secondary N) is 1. The molecule has 0 bridgehead atoms. The van der Waals surface area contributed by atoms with Crippen LogP contribution < -0.4 is 15.1 Å². The van der Waals surface area contributed by atoms with E-state index in [-0.39, 0.29) is 23.8 Å². The molecule has 0 aromatic heterocycles. The molecule has 0 atom stereocenters. The van der Waals surface area contributed by atoms with Crippen molar-refractivity contribution in [3.8, 4) is 0 Å². The van der Waals surface area contributed by atoms with Crippen LogP contribution in [0.4, 0.5) is 53.0 Å². The van der Waals surface area contributed by atoms with Gasteiger partial charge < -0.3 is 15.1 Å². The van der Waals surface area contributed by atoms with E-state index in [1.54, 1.807) is 12.1 Å². The van der Waals surface area contributed by atoms with Gasteiger partial charge in [-0.3, -0.25) is 4.55 Å². The number of anilines is 7. The zero-order chi connectivity index (χ0) is 42.4. The summed E-state index contributed by atoms with van der Waals surface area (Å²) in [6, 6.07) is 65.2. The average molecular weight is 834 g/mol. The van der Waals surface area contributed by atoms with Gasteiger partial charge in [-0.2, -0.15) is 21.6 Å². The Balaban J connectivity index is 1.26. The lowest BCUT2D eigenvalue weighted by molar-refractivity contribution is -0.134. The molecule has 10 heteroatoms. The summed E-state index contributed by atoms with van der Waals surface area (Å²) >= 11 is 0. The van der Waals surface area contributed by atoms with Gasteiger partial charge in [-0.25, -0.2) is 0 Å². The largest absolute Gasteiger partial charge is 0.389 e. The number of para-hydroxylation sites is 4. The average Bonchev–Trinajstić information content (AvgIpc) is 3.27. The molecule has 8 aromatic rings. The summed E-state index contributed by atoms with van der Waals surface area (Å²) in [5, 5.41) is 4.23. The second kappa shape index (κ2) is 17.8. The van der Waals surface area contributed by atoms with Crippen molar-refractivity contribution in [1.29, 1.82) is 0 Å². The van der Waals surface area contributed by atoms with Crippen LogP contribution in [0.1, 0.15) is 35.4 Å². The van der Waals surface area contributed by atoms with E-state index in [9.17, 15) is 26.1 Å². The molecule has 8 aromatic carbocycles. The summed E-state index contributed by atoms with van der Waals surface area (Å²) in [5.41, 5.74) is 9.06. The molecule has 0 saturated heterocycles. The van der Waals surface area contributed by atoms with Crippen molar-refractivity contribution in [3.05, 3.63) is 217 Å². The number of halogens is 3. The molecule has 306 valence electrons. The van der Waals surface area contributed by atoms with Crippen molar-refractivity contribution in [2.24, 2.45) is 0 Å². The smallest absolute Gasteiger partial charge is 0.385 e. The predicted octanol–water partition coefficient (Wildman–Crippen LogP) is 14.0. The molecule has 0 amide bonds. The van der Waals surface area contributed by atoms with Crippen LogP contribution in [0, 0.1) is 0 Å². The minimum absolute atomic E-state index is 0.00900. The van der Waals surface area contributed by atoms with Gasteiger partial charge in [-0.05, 0) is 119 Å². The Kier molecular flexibility index (Phi) is 11.9. The van der Waals surface area contributed by atoms with Gasteiger partial charge in [0.1, 0.15) is 0 Å². The summed E-state index contributed by atoms with van der Waals surface area (Å²) in [4.78, 5) is 4.05. The van der Waals surface area contributed by atoms with E-state index >= 15 is 0 Å². The molecule has 0 radical (unpaired) electrons. The molecule has 8 rings (SSSR count).